The number of hydrogen-bond acceptors (Lipinski definition) is 4. The molecule has 9 heteroatoms. The maximum atomic E-state index is 13.5. The number of pyridine rings is 1. The van der Waals surface area contributed by atoms with Crippen LogP contribution in [0.5, 0.6) is 0 Å². The summed E-state index contributed by atoms with van der Waals surface area (Å²) in [5.74, 6) is 0. The van der Waals surface area contributed by atoms with Gasteiger partial charge in [0.1, 0.15) is 4.60 Å². The number of nitrogens with zero attached hydrogens (tertiary/aromatic N) is 4. The Kier molecular flexibility index (Phi) is 5.75. The first-order valence-electron chi connectivity index (χ1n) is 10.9. The summed E-state index contributed by atoms with van der Waals surface area (Å²) >= 11 is 3.32. The SMILES string of the molecule is C[C@@H]1Cc2c(ccc3c2cnn3C2CCCCO2)C(c2ccc(Br)nc2)N1CC(F)(F)F. The molecule has 0 bridgehead atoms. The van der Waals surface area contributed by atoms with Gasteiger partial charge in [0, 0.05) is 24.2 Å². The first kappa shape index (κ1) is 21.9. The molecule has 32 heavy (non-hydrogen) atoms. The van der Waals surface area contributed by atoms with Crippen molar-refractivity contribution in [3.8, 4) is 0 Å². The fourth-order valence-corrected chi connectivity index (χ4v) is 5.28. The summed E-state index contributed by atoms with van der Waals surface area (Å²) in [6, 6.07) is 6.72. The molecule has 3 atom stereocenters. The Morgan fingerprint density at radius 1 is 1.16 bits per heavy atom. The maximum absolute atomic E-state index is 13.5. The fraction of sp³-hybridized carbons (Fsp3) is 0.478. The quantitative estimate of drug-likeness (QED) is 0.420. The van der Waals surface area contributed by atoms with Gasteiger partial charge in [0.25, 0.3) is 0 Å². The van der Waals surface area contributed by atoms with Crippen LogP contribution in [0.15, 0.2) is 41.3 Å². The third kappa shape index (κ3) is 4.06. The van der Waals surface area contributed by atoms with Gasteiger partial charge in [-0.2, -0.15) is 18.3 Å². The minimum atomic E-state index is -4.29. The third-order valence-corrected chi connectivity index (χ3v) is 6.95. The molecular weight excluding hydrogens is 485 g/mol. The van der Waals surface area contributed by atoms with Crippen LogP contribution in [0.1, 0.15) is 55.1 Å². The van der Waals surface area contributed by atoms with Crippen molar-refractivity contribution in [1.29, 1.82) is 0 Å². The minimum Gasteiger partial charge on any atom is -0.356 e. The molecule has 2 aliphatic heterocycles. The van der Waals surface area contributed by atoms with Gasteiger partial charge in [-0.15, -0.1) is 0 Å². The van der Waals surface area contributed by atoms with E-state index >= 15 is 0 Å². The summed E-state index contributed by atoms with van der Waals surface area (Å²) in [6.07, 6.45) is 2.71. The zero-order valence-corrected chi connectivity index (χ0v) is 19.2. The van der Waals surface area contributed by atoms with Crippen LogP contribution in [0.25, 0.3) is 10.9 Å². The predicted molar refractivity (Wildman–Crippen MR) is 118 cm³/mol. The number of hydrogen-bond donors (Lipinski definition) is 0. The molecule has 0 radical (unpaired) electrons. The predicted octanol–water partition coefficient (Wildman–Crippen LogP) is 5.79. The number of benzene rings is 1. The summed E-state index contributed by atoms with van der Waals surface area (Å²) in [4.78, 5) is 5.82. The van der Waals surface area contributed by atoms with Crippen molar-refractivity contribution in [1.82, 2.24) is 19.7 Å². The molecule has 170 valence electrons. The van der Waals surface area contributed by atoms with Crippen molar-refractivity contribution < 1.29 is 17.9 Å². The van der Waals surface area contributed by atoms with E-state index < -0.39 is 18.8 Å². The Hall–Kier alpha value is -1.97. The van der Waals surface area contributed by atoms with E-state index in [1.54, 1.807) is 12.3 Å². The minimum absolute atomic E-state index is 0.0893. The number of halogens is 4. The second-order valence-corrected chi connectivity index (χ2v) is 9.45. The zero-order chi connectivity index (χ0) is 22.5. The Labute approximate surface area is 192 Å². The molecule has 2 unspecified atom stereocenters. The molecule has 2 aromatic heterocycles. The molecule has 3 aromatic rings. The molecule has 4 heterocycles. The molecule has 0 N–H and O–H groups in total. The lowest BCUT2D eigenvalue weighted by Gasteiger charge is -2.42. The highest BCUT2D eigenvalue weighted by Gasteiger charge is 2.41. The van der Waals surface area contributed by atoms with Crippen LogP contribution in [0.4, 0.5) is 13.2 Å². The van der Waals surface area contributed by atoms with Gasteiger partial charge >= 0.3 is 6.18 Å². The van der Waals surface area contributed by atoms with Crippen molar-refractivity contribution in [3.05, 3.63) is 58.0 Å². The average molecular weight is 509 g/mol. The fourth-order valence-electron chi connectivity index (χ4n) is 5.05. The Balaban J connectivity index is 1.63. The van der Waals surface area contributed by atoms with Gasteiger partial charge in [0.2, 0.25) is 0 Å². The second kappa shape index (κ2) is 8.43. The third-order valence-electron chi connectivity index (χ3n) is 6.48. The van der Waals surface area contributed by atoms with Crippen LogP contribution in [-0.2, 0) is 11.2 Å². The molecule has 0 aliphatic carbocycles. The first-order chi connectivity index (χ1) is 15.3. The van der Waals surface area contributed by atoms with Crippen LogP contribution in [0.2, 0.25) is 0 Å². The van der Waals surface area contributed by atoms with Gasteiger partial charge in [-0.3, -0.25) is 4.90 Å². The van der Waals surface area contributed by atoms with E-state index in [9.17, 15) is 13.2 Å². The van der Waals surface area contributed by atoms with E-state index in [-0.39, 0.29) is 12.3 Å². The molecular formula is C23H24BrF3N4O. The van der Waals surface area contributed by atoms with Crippen molar-refractivity contribution in [2.45, 2.75) is 57.1 Å². The van der Waals surface area contributed by atoms with Gasteiger partial charge in [0.05, 0.1) is 24.3 Å². The Morgan fingerprint density at radius 3 is 2.69 bits per heavy atom. The van der Waals surface area contributed by atoms with E-state index in [0.717, 1.165) is 53.5 Å². The normalized spacial score (nSPS) is 24.6. The van der Waals surface area contributed by atoms with Gasteiger partial charge in [-0.25, -0.2) is 9.67 Å². The number of ether oxygens (including phenoxy) is 1. The van der Waals surface area contributed by atoms with Crippen molar-refractivity contribution in [3.63, 3.8) is 0 Å². The summed E-state index contributed by atoms with van der Waals surface area (Å²) in [5.41, 5.74) is 3.66. The lowest BCUT2D eigenvalue weighted by Crippen LogP contribution is -2.47. The van der Waals surface area contributed by atoms with Crippen LogP contribution in [0, 0.1) is 0 Å². The molecule has 1 saturated heterocycles. The van der Waals surface area contributed by atoms with E-state index in [0.29, 0.717) is 11.0 Å². The highest BCUT2D eigenvalue weighted by Crippen LogP contribution is 2.42. The number of aromatic nitrogens is 3. The molecule has 0 amide bonds. The largest absolute Gasteiger partial charge is 0.401 e. The summed E-state index contributed by atoms with van der Waals surface area (Å²) in [5, 5.41) is 5.61. The highest BCUT2D eigenvalue weighted by molar-refractivity contribution is 9.10. The lowest BCUT2D eigenvalue weighted by molar-refractivity contribution is -0.155. The molecule has 1 fully saturated rings. The highest BCUT2D eigenvalue weighted by atomic mass is 79.9. The molecule has 5 rings (SSSR count). The van der Waals surface area contributed by atoms with Gasteiger partial charge in [0.15, 0.2) is 6.23 Å². The summed E-state index contributed by atoms with van der Waals surface area (Å²) < 4.78 is 49.0. The van der Waals surface area contributed by atoms with Gasteiger partial charge < -0.3 is 4.74 Å². The monoisotopic (exact) mass is 508 g/mol. The van der Waals surface area contributed by atoms with Crippen molar-refractivity contribution >= 4 is 26.8 Å². The average Bonchev–Trinajstić information content (AvgIpc) is 3.20. The first-order valence-corrected chi connectivity index (χ1v) is 11.7. The number of rotatable bonds is 3. The lowest BCUT2D eigenvalue weighted by atomic mass is 9.84. The molecule has 1 aromatic carbocycles. The van der Waals surface area contributed by atoms with Gasteiger partial charge in [-0.1, -0.05) is 12.1 Å². The van der Waals surface area contributed by atoms with E-state index in [1.165, 1.54) is 4.90 Å². The van der Waals surface area contributed by atoms with Gasteiger partial charge in [-0.05, 0) is 77.4 Å². The van der Waals surface area contributed by atoms with Crippen molar-refractivity contribution in [2.24, 2.45) is 0 Å². The van der Waals surface area contributed by atoms with E-state index in [2.05, 4.69) is 26.0 Å². The molecule has 5 nitrogen and oxygen atoms in total. The Bertz CT molecular complexity index is 1110. The smallest absolute Gasteiger partial charge is 0.356 e. The molecule has 0 saturated carbocycles. The van der Waals surface area contributed by atoms with Crippen LogP contribution in [0.3, 0.4) is 0 Å². The topological polar surface area (TPSA) is 43.2 Å². The second-order valence-electron chi connectivity index (χ2n) is 8.63. The summed E-state index contributed by atoms with van der Waals surface area (Å²) in [7, 11) is 0. The summed E-state index contributed by atoms with van der Waals surface area (Å²) in [6.45, 7) is 1.61. The number of fused-ring (bicyclic) bond motifs is 3. The standard InChI is InChI=1S/C23H24BrF3N4O/c1-14-10-17-16(6-7-19-18(17)12-29-31(19)21-4-2-3-9-32-21)22(30(14)13-23(25,26)27)15-5-8-20(24)28-11-15/h5-8,11-12,14,21-22H,2-4,9-10,13H2,1H3/t14-,21?,22?/m1/s1. The molecule has 2 aliphatic rings. The Morgan fingerprint density at radius 2 is 2.00 bits per heavy atom. The van der Waals surface area contributed by atoms with E-state index in [4.69, 9.17) is 4.74 Å². The van der Waals surface area contributed by atoms with Crippen LogP contribution >= 0.6 is 15.9 Å². The van der Waals surface area contributed by atoms with Crippen LogP contribution in [-0.4, -0.2) is 45.0 Å². The molecule has 0 spiro atoms. The van der Waals surface area contributed by atoms with E-state index in [1.807, 2.05) is 36.0 Å². The maximum Gasteiger partial charge on any atom is 0.401 e. The van der Waals surface area contributed by atoms with Crippen LogP contribution < -0.4 is 0 Å². The zero-order valence-electron chi connectivity index (χ0n) is 17.6. The number of alkyl halides is 3. The van der Waals surface area contributed by atoms with Crippen molar-refractivity contribution in [2.75, 3.05) is 13.2 Å².